The number of nitrogens with one attached hydrogen (secondary N) is 1. The van der Waals surface area contributed by atoms with E-state index in [1.54, 1.807) is 48.7 Å². The van der Waals surface area contributed by atoms with Gasteiger partial charge in [-0.2, -0.15) is 5.10 Å². The van der Waals surface area contributed by atoms with Gasteiger partial charge in [-0.25, -0.2) is 5.43 Å². The first-order chi connectivity index (χ1) is 12.6. The van der Waals surface area contributed by atoms with E-state index in [9.17, 15) is 4.79 Å². The first-order valence-electron chi connectivity index (χ1n) is 7.66. The van der Waals surface area contributed by atoms with E-state index in [0.29, 0.717) is 21.4 Å². The summed E-state index contributed by atoms with van der Waals surface area (Å²) in [5.41, 5.74) is 3.68. The monoisotopic (exact) mass is 404 g/mol. The number of nitrogens with zero attached hydrogens (tertiary/aromatic N) is 1. The Morgan fingerprint density at radius 1 is 1.15 bits per heavy atom. The van der Waals surface area contributed by atoms with E-state index in [1.807, 2.05) is 17.5 Å². The van der Waals surface area contributed by atoms with Crippen LogP contribution in [0.2, 0.25) is 10.0 Å². The molecule has 0 unspecified atom stereocenters. The van der Waals surface area contributed by atoms with Gasteiger partial charge in [-0.05, 0) is 35.7 Å². The average Bonchev–Trinajstić information content (AvgIpc) is 3.14. The lowest BCUT2D eigenvalue weighted by molar-refractivity contribution is 0.0950. The van der Waals surface area contributed by atoms with Crippen molar-refractivity contribution in [3.8, 4) is 5.75 Å². The maximum atomic E-state index is 12.4. The molecule has 0 spiro atoms. The Bertz CT molecular complexity index is 927. The maximum absolute atomic E-state index is 12.4. The van der Waals surface area contributed by atoms with Crippen molar-refractivity contribution in [3.63, 3.8) is 0 Å². The molecule has 7 heteroatoms. The van der Waals surface area contributed by atoms with E-state index < -0.39 is 0 Å². The van der Waals surface area contributed by atoms with Crippen molar-refractivity contribution in [3.05, 3.63) is 86.0 Å². The van der Waals surface area contributed by atoms with Crippen LogP contribution in [0.4, 0.5) is 0 Å². The fraction of sp³-hybridized carbons (Fsp3) is 0.0526. The van der Waals surface area contributed by atoms with Crippen LogP contribution < -0.4 is 10.2 Å². The highest BCUT2D eigenvalue weighted by Crippen LogP contribution is 2.24. The smallest absolute Gasteiger partial charge is 0.275 e. The van der Waals surface area contributed by atoms with Crippen LogP contribution in [0, 0.1) is 0 Å². The lowest BCUT2D eigenvalue weighted by Gasteiger charge is -2.11. The van der Waals surface area contributed by atoms with Gasteiger partial charge < -0.3 is 4.74 Å². The fourth-order valence-corrected chi connectivity index (χ4v) is 3.20. The molecule has 0 radical (unpaired) electrons. The lowest BCUT2D eigenvalue weighted by Crippen LogP contribution is -2.18. The van der Waals surface area contributed by atoms with Crippen LogP contribution in [0.15, 0.2) is 65.1 Å². The second-order valence-electron chi connectivity index (χ2n) is 5.24. The van der Waals surface area contributed by atoms with Crippen LogP contribution in [-0.4, -0.2) is 12.1 Å². The van der Waals surface area contributed by atoms with Crippen LogP contribution in [0.3, 0.4) is 0 Å². The van der Waals surface area contributed by atoms with E-state index in [2.05, 4.69) is 10.5 Å². The molecule has 2 aromatic carbocycles. The molecule has 3 rings (SSSR count). The van der Waals surface area contributed by atoms with E-state index in [4.69, 9.17) is 27.9 Å². The summed E-state index contributed by atoms with van der Waals surface area (Å²) in [5, 5.41) is 6.98. The minimum absolute atomic E-state index is 0.221. The highest BCUT2D eigenvalue weighted by Gasteiger charge is 2.12. The summed E-state index contributed by atoms with van der Waals surface area (Å²) in [4.78, 5) is 13.3. The van der Waals surface area contributed by atoms with Crippen molar-refractivity contribution >= 4 is 46.7 Å². The highest BCUT2D eigenvalue weighted by atomic mass is 35.5. The number of hydrogen-bond donors (Lipinski definition) is 1. The summed E-state index contributed by atoms with van der Waals surface area (Å²) >= 11 is 13.6. The van der Waals surface area contributed by atoms with Gasteiger partial charge in [0.15, 0.2) is 0 Å². The fourth-order valence-electron chi connectivity index (χ4n) is 2.15. The molecule has 0 atom stereocenters. The zero-order chi connectivity index (χ0) is 18.4. The van der Waals surface area contributed by atoms with Crippen LogP contribution in [0.25, 0.3) is 0 Å². The predicted octanol–water partition coefficient (Wildman–Crippen LogP) is 5.40. The molecule has 4 nitrogen and oxygen atoms in total. The number of hydrogen-bond acceptors (Lipinski definition) is 4. The summed E-state index contributed by atoms with van der Waals surface area (Å²) in [7, 11) is 0. The predicted molar refractivity (Wildman–Crippen MR) is 107 cm³/mol. The van der Waals surface area contributed by atoms with Crippen LogP contribution in [0.1, 0.15) is 20.8 Å². The van der Waals surface area contributed by atoms with Gasteiger partial charge in [0, 0.05) is 20.5 Å². The van der Waals surface area contributed by atoms with Crippen molar-refractivity contribution in [2.75, 3.05) is 0 Å². The number of amides is 1. The van der Waals surface area contributed by atoms with Crippen molar-refractivity contribution in [1.82, 2.24) is 5.43 Å². The van der Waals surface area contributed by atoms with E-state index in [-0.39, 0.29) is 12.5 Å². The van der Waals surface area contributed by atoms with Gasteiger partial charge in [0.25, 0.3) is 5.91 Å². The van der Waals surface area contributed by atoms with Crippen molar-refractivity contribution in [1.29, 1.82) is 0 Å². The molecular weight excluding hydrogens is 391 g/mol. The Hall–Kier alpha value is -2.34. The summed E-state index contributed by atoms with van der Waals surface area (Å²) < 4.78 is 5.78. The first-order valence-corrected chi connectivity index (χ1v) is 9.30. The third-order valence-corrected chi connectivity index (χ3v) is 4.82. The molecule has 1 heterocycles. The van der Waals surface area contributed by atoms with Crippen LogP contribution in [-0.2, 0) is 6.61 Å². The van der Waals surface area contributed by atoms with Crippen molar-refractivity contribution in [2.45, 2.75) is 6.61 Å². The second-order valence-corrected chi connectivity index (χ2v) is 7.06. The highest BCUT2D eigenvalue weighted by molar-refractivity contribution is 7.11. The van der Waals surface area contributed by atoms with Crippen LogP contribution in [0.5, 0.6) is 5.75 Å². The standard InChI is InChI=1S/C19H14Cl2N2O2S/c20-14-8-7-13(17(21)10-14)12-25-18-6-2-1-5-16(18)19(24)23-22-11-15-4-3-9-26-15/h1-11H,12H2,(H,23,24)/b22-11+. The summed E-state index contributed by atoms with van der Waals surface area (Å²) in [6.07, 6.45) is 1.60. The molecule has 0 fully saturated rings. The zero-order valence-corrected chi connectivity index (χ0v) is 15.8. The molecule has 3 aromatic rings. The largest absolute Gasteiger partial charge is 0.488 e. The lowest BCUT2D eigenvalue weighted by atomic mass is 10.2. The molecule has 0 saturated heterocycles. The van der Waals surface area contributed by atoms with E-state index in [1.165, 1.54) is 11.3 Å². The number of halogens is 2. The van der Waals surface area contributed by atoms with Gasteiger partial charge in [0.1, 0.15) is 12.4 Å². The Balaban J connectivity index is 1.68. The maximum Gasteiger partial charge on any atom is 0.275 e. The molecule has 0 aliphatic carbocycles. The molecule has 1 N–H and O–H groups in total. The number of carbonyl (C=O) groups is 1. The molecule has 0 aliphatic heterocycles. The molecular formula is C19H14Cl2N2O2S. The normalized spacial score (nSPS) is 10.8. The number of benzene rings is 2. The molecule has 0 aliphatic rings. The minimum Gasteiger partial charge on any atom is -0.488 e. The van der Waals surface area contributed by atoms with Gasteiger partial charge in [-0.1, -0.05) is 47.5 Å². The molecule has 0 bridgehead atoms. The number of para-hydroxylation sites is 1. The molecule has 26 heavy (non-hydrogen) atoms. The van der Waals surface area contributed by atoms with Gasteiger partial charge in [-0.15, -0.1) is 11.3 Å². The quantitative estimate of drug-likeness (QED) is 0.441. The SMILES string of the molecule is O=C(N/N=C/c1cccs1)c1ccccc1OCc1ccc(Cl)cc1Cl. The van der Waals surface area contributed by atoms with Gasteiger partial charge in [0.2, 0.25) is 0 Å². The molecule has 0 saturated carbocycles. The third kappa shape index (κ3) is 4.85. The van der Waals surface area contributed by atoms with E-state index >= 15 is 0 Å². The number of carbonyl (C=O) groups excluding carboxylic acids is 1. The Morgan fingerprint density at radius 2 is 2.00 bits per heavy atom. The van der Waals surface area contributed by atoms with Crippen molar-refractivity contribution < 1.29 is 9.53 Å². The third-order valence-electron chi connectivity index (χ3n) is 3.43. The minimum atomic E-state index is -0.351. The Morgan fingerprint density at radius 3 is 2.77 bits per heavy atom. The number of ether oxygens (including phenoxy) is 1. The number of rotatable bonds is 6. The Labute approximate surface area is 165 Å². The van der Waals surface area contributed by atoms with Crippen molar-refractivity contribution in [2.24, 2.45) is 5.10 Å². The summed E-state index contributed by atoms with van der Waals surface area (Å²) in [6, 6.07) is 16.0. The summed E-state index contributed by atoms with van der Waals surface area (Å²) in [6.45, 7) is 0.221. The average molecular weight is 405 g/mol. The number of thiophene rings is 1. The van der Waals surface area contributed by atoms with E-state index in [0.717, 1.165) is 10.4 Å². The summed E-state index contributed by atoms with van der Waals surface area (Å²) in [5.74, 6) is 0.0953. The first kappa shape index (κ1) is 18.5. The van der Waals surface area contributed by atoms with Gasteiger partial charge >= 0.3 is 0 Å². The number of hydrazone groups is 1. The molecule has 1 amide bonds. The second kappa shape index (κ2) is 8.85. The Kier molecular flexibility index (Phi) is 6.28. The van der Waals surface area contributed by atoms with Crippen LogP contribution >= 0.6 is 34.5 Å². The van der Waals surface area contributed by atoms with Gasteiger partial charge in [-0.3, -0.25) is 4.79 Å². The molecule has 132 valence electrons. The van der Waals surface area contributed by atoms with Gasteiger partial charge in [0.05, 0.1) is 11.8 Å². The molecule has 1 aromatic heterocycles. The topological polar surface area (TPSA) is 50.7 Å². The zero-order valence-electron chi connectivity index (χ0n) is 13.5.